The molecule has 1 aliphatic carbocycles. The molecule has 1 aromatic heterocycles. The fourth-order valence-corrected chi connectivity index (χ4v) is 4.83. The van der Waals surface area contributed by atoms with E-state index in [1.165, 1.54) is 11.1 Å². The van der Waals surface area contributed by atoms with Crippen LogP contribution in [-0.4, -0.2) is 52.3 Å². The highest BCUT2D eigenvalue weighted by Gasteiger charge is 2.52. The number of hydrogen-bond donors (Lipinski definition) is 1. The van der Waals surface area contributed by atoms with E-state index >= 15 is 0 Å². The van der Waals surface area contributed by atoms with Gasteiger partial charge in [-0.2, -0.15) is 0 Å². The summed E-state index contributed by atoms with van der Waals surface area (Å²) in [6, 6.07) is 3.35. The van der Waals surface area contributed by atoms with Crippen LogP contribution in [-0.2, 0) is 14.4 Å². The van der Waals surface area contributed by atoms with Crippen molar-refractivity contribution in [3.05, 3.63) is 23.4 Å². The van der Waals surface area contributed by atoms with Gasteiger partial charge in [-0.1, -0.05) is 24.4 Å². The van der Waals surface area contributed by atoms with Crippen LogP contribution in [0.1, 0.15) is 44.9 Å². The first-order valence-corrected chi connectivity index (χ1v) is 10.3. The number of amides is 3. The third-order valence-corrected chi connectivity index (χ3v) is 6.47. The van der Waals surface area contributed by atoms with E-state index in [1.807, 2.05) is 4.90 Å². The molecule has 1 aromatic rings. The number of anilines is 1. The molecule has 2 aliphatic heterocycles. The zero-order valence-corrected chi connectivity index (χ0v) is 16.6. The molecule has 1 unspecified atom stereocenters. The van der Waals surface area contributed by atoms with Crippen molar-refractivity contribution in [2.75, 3.05) is 25.1 Å². The van der Waals surface area contributed by atoms with Gasteiger partial charge in [0.2, 0.25) is 17.7 Å². The van der Waals surface area contributed by atoms with Crippen LogP contribution < -0.4 is 5.32 Å². The lowest BCUT2D eigenvalue weighted by Crippen LogP contribution is -2.48. The number of pyridine rings is 1. The summed E-state index contributed by atoms with van der Waals surface area (Å²) in [5.41, 5.74) is -0.441. The van der Waals surface area contributed by atoms with Crippen LogP contribution >= 0.6 is 11.6 Å². The lowest BCUT2D eigenvalue weighted by Gasteiger charge is -2.34. The third-order valence-electron chi connectivity index (χ3n) is 6.25. The van der Waals surface area contributed by atoms with Crippen molar-refractivity contribution in [1.29, 1.82) is 0 Å². The SMILES string of the molecule is O=C(Nc1ccc(Cl)cn1)C1CCCN(CN2C(=O)CC3(CCCC3)C2=O)C1. The van der Waals surface area contributed by atoms with Gasteiger partial charge in [-0.3, -0.25) is 24.2 Å². The maximum absolute atomic E-state index is 12.9. The molecule has 3 amide bonds. The van der Waals surface area contributed by atoms with Gasteiger partial charge in [0.25, 0.3) is 0 Å². The number of likely N-dealkylation sites (tertiary alicyclic amines) is 2. The maximum Gasteiger partial charge on any atom is 0.237 e. The molecular formula is C20H25ClN4O3. The summed E-state index contributed by atoms with van der Waals surface area (Å²) in [6.07, 6.45) is 7.18. The Morgan fingerprint density at radius 2 is 2.04 bits per heavy atom. The molecule has 3 aliphatic rings. The van der Waals surface area contributed by atoms with Crippen LogP contribution in [0.5, 0.6) is 0 Å². The number of hydrogen-bond acceptors (Lipinski definition) is 5. The fraction of sp³-hybridized carbons (Fsp3) is 0.600. The van der Waals surface area contributed by atoms with Gasteiger partial charge in [0.15, 0.2) is 0 Å². The molecule has 0 aromatic carbocycles. The summed E-state index contributed by atoms with van der Waals surface area (Å²) < 4.78 is 0. The molecule has 2 saturated heterocycles. The van der Waals surface area contributed by atoms with Crippen molar-refractivity contribution >= 4 is 35.1 Å². The minimum atomic E-state index is -0.441. The van der Waals surface area contributed by atoms with Crippen molar-refractivity contribution in [3.63, 3.8) is 0 Å². The van der Waals surface area contributed by atoms with E-state index in [0.29, 0.717) is 30.5 Å². The van der Waals surface area contributed by atoms with Gasteiger partial charge >= 0.3 is 0 Å². The summed E-state index contributed by atoms with van der Waals surface area (Å²) in [7, 11) is 0. The third kappa shape index (κ3) is 3.78. The molecule has 1 saturated carbocycles. The average Bonchev–Trinajstić information content (AvgIpc) is 3.25. The van der Waals surface area contributed by atoms with Gasteiger partial charge in [-0.05, 0) is 44.4 Å². The summed E-state index contributed by atoms with van der Waals surface area (Å²) in [4.78, 5) is 45.5. The van der Waals surface area contributed by atoms with Crippen molar-refractivity contribution in [1.82, 2.24) is 14.8 Å². The molecule has 1 spiro atoms. The van der Waals surface area contributed by atoms with E-state index in [2.05, 4.69) is 10.3 Å². The summed E-state index contributed by atoms with van der Waals surface area (Å²) in [5, 5.41) is 3.34. The van der Waals surface area contributed by atoms with E-state index in [4.69, 9.17) is 11.6 Å². The van der Waals surface area contributed by atoms with Crippen molar-refractivity contribution in [2.45, 2.75) is 44.9 Å². The van der Waals surface area contributed by atoms with Crippen molar-refractivity contribution in [3.8, 4) is 0 Å². The molecule has 0 bridgehead atoms. The molecule has 8 heteroatoms. The molecule has 0 radical (unpaired) electrons. The maximum atomic E-state index is 12.9. The second-order valence-electron chi connectivity index (χ2n) is 8.20. The lowest BCUT2D eigenvalue weighted by molar-refractivity contribution is -0.144. The van der Waals surface area contributed by atoms with Crippen molar-refractivity contribution < 1.29 is 14.4 Å². The monoisotopic (exact) mass is 404 g/mol. The van der Waals surface area contributed by atoms with Crippen LogP contribution in [0.4, 0.5) is 5.82 Å². The summed E-state index contributed by atoms with van der Waals surface area (Å²) in [6.45, 7) is 1.61. The molecule has 3 fully saturated rings. The van der Waals surface area contributed by atoms with Crippen molar-refractivity contribution in [2.24, 2.45) is 11.3 Å². The number of rotatable bonds is 4. The lowest BCUT2D eigenvalue weighted by atomic mass is 9.85. The van der Waals surface area contributed by atoms with E-state index in [-0.39, 0.29) is 23.6 Å². The highest BCUT2D eigenvalue weighted by molar-refractivity contribution is 6.30. The Morgan fingerprint density at radius 1 is 1.25 bits per heavy atom. The van der Waals surface area contributed by atoms with E-state index in [0.717, 1.165) is 45.1 Å². The van der Waals surface area contributed by atoms with Gasteiger partial charge in [0, 0.05) is 19.2 Å². The molecule has 1 N–H and O–H groups in total. The second kappa shape index (κ2) is 7.79. The number of carbonyl (C=O) groups excluding carboxylic acids is 3. The molecule has 150 valence electrons. The molecule has 1 atom stereocenters. The number of aromatic nitrogens is 1. The predicted octanol–water partition coefficient (Wildman–Crippen LogP) is 2.66. The van der Waals surface area contributed by atoms with Gasteiger partial charge in [0.1, 0.15) is 5.82 Å². The molecule has 4 rings (SSSR count). The Kier molecular flexibility index (Phi) is 5.38. The smallest absolute Gasteiger partial charge is 0.237 e. The quantitative estimate of drug-likeness (QED) is 0.780. The Bertz CT molecular complexity index is 776. The zero-order valence-electron chi connectivity index (χ0n) is 15.8. The number of nitrogens with zero attached hydrogens (tertiary/aromatic N) is 3. The Hall–Kier alpha value is -1.99. The number of piperidine rings is 1. The van der Waals surface area contributed by atoms with Crippen LogP contribution in [0.15, 0.2) is 18.3 Å². The number of carbonyl (C=O) groups is 3. The second-order valence-corrected chi connectivity index (χ2v) is 8.64. The highest BCUT2D eigenvalue weighted by atomic mass is 35.5. The summed E-state index contributed by atoms with van der Waals surface area (Å²) in [5.74, 6) is 0.112. The van der Waals surface area contributed by atoms with E-state index < -0.39 is 5.41 Å². The predicted molar refractivity (Wildman–Crippen MR) is 104 cm³/mol. The van der Waals surface area contributed by atoms with Gasteiger partial charge < -0.3 is 5.32 Å². The Labute approximate surface area is 169 Å². The first-order chi connectivity index (χ1) is 13.5. The van der Waals surface area contributed by atoms with Crippen LogP contribution in [0.3, 0.4) is 0 Å². The van der Waals surface area contributed by atoms with Gasteiger partial charge in [-0.25, -0.2) is 4.98 Å². The first-order valence-electron chi connectivity index (χ1n) is 9.96. The molecule has 28 heavy (non-hydrogen) atoms. The van der Waals surface area contributed by atoms with Gasteiger partial charge in [-0.15, -0.1) is 0 Å². The minimum Gasteiger partial charge on any atom is -0.310 e. The standard InChI is InChI=1S/C20H25ClN4O3/c21-15-5-6-16(22-11-15)23-18(27)14-4-3-9-24(12-14)13-25-17(26)10-20(19(25)28)7-1-2-8-20/h5-6,11,14H,1-4,7-10,12-13H2,(H,22,23,27). The van der Waals surface area contributed by atoms with Crippen LogP contribution in [0, 0.1) is 11.3 Å². The molecule has 7 nitrogen and oxygen atoms in total. The number of imide groups is 1. The minimum absolute atomic E-state index is 0.00746. The largest absolute Gasteiger partial charge is 0.310 e. The highest BCUT2D eigenvalue weighted by Crippen LogP contribution is 2.46. The average molecular weight is 405 g/mol. The molecular weight excluding hydrogens is 380 g/mol. The van der Waals surface area contributed by atoms with Crippen LogP contribution in [0.25, 0.3) is 0 Å². The van der Waals surface area contributed by atoms with Gasteiger partial charge in [0.05, 0.1) is 23.0 Å². The number of nitrogens with one attached hydrogen (secondary N) is 1. The molecule has 3 heterocycles. The summed E-state index contributed by atoms with van der Waals surface area (Å²) >= 11 is 5.82. The normalized spacial score (nSPS) is 24.9. The first kappa shape index (κ1) is 19.3. The van der Waals surface area contributed by atoms with Crippen LogP contribution in [0.2, 0.25) is 5.02 Å². The zero-order chi connectivity index (χ0) is 19.7. The van der Waals surface area contributed by atoms with E-state index in [9.17, 15) is 14.4 Å². The number of halogens is 1. The Balaban J connectivity index is 1.36. The topological polar surface area (TPSA) is 82.6 Å². The Morgan fingerprint density at radius 3 is 2.75 bits per heavy atom. The van der Waals surface area contributed by atoms with E-state index in [1.54, 1.807) is 12.1 Å². The fourth-order valence-electron chi connectivity index (χ4n) is 4.72.